The van der Waals surface area contributed by atoms with Gasteiger partial charge in [-0.1, -0.05) is 89.4 Å². The molecule has 5 rings (SSSR count). The van der Waals surface area contributed by atoms with E-state index in [0.29, 0.717) is 17.9 Å². The summed E-state index contributed by atoms with van der Waals surface area (Å²) in [6.07, 6.45) is 1.14. The van der Waals surface area contributed by atoms with Crippen LogP contribution in [-0.2, 0) is 29.4 Å². The number of benzene rings is 4. The number of hydrogen-bond donors (Lipinski definition) is 1. The minimum Gasteiger partial charge on any atom is -0.505 e. The van der Waals surface area contributed by atoms with E-state index in [9.17, 15) is 13.5 Å². The van der Waals surface area contributed by atoms with Crippen molar-refractivity contribution >= 4 is 44.8 Å². The topological polar surface area (TPSA) is 57.6 Å². The van der Waals surface area contributed by atoms with Crippen molar-refractivity contribution in [3.05, 3.63) is 117 Å². The molecule has 4 aromatic rings. The van der Waals surface area contributed by atoms with E-state index in [2.05, 4.69) is 0 Å². The summed E-state index contributed by atoms with van der Waals surface area (Å²) >= 11 is 18.3. The zero-order valence-electron chi connectivity index (χ0n) is 19.0. The number of hydrogen-bond acceptors (Lipinski definition) is 3. The molecule has 0 saturated heterocycles. The lowest BCUT2D eigenvalue weighted by molar-refractivity contribution is 0.318. The zero-order valence-corrected chi connectivity index (χ0v) is 22.1. The summed E-state index contributed by atoms with van der Waals surface area (Å²) in [7, 11) is -4.16. The molecule has 0 saturated carbocycles. The fourth-order valence-corrected chi connectivity index (χ4v) is 7.17. The highest BCUT2D eigenvalue weighted by molar-refractivity contribution is 7.89. The Morgan fingerprint density at radius 3 is 2.11 bits per heavy atom. The van der Waals surface area contributed by atoms with Crippen LogP contribution in [0.5, 0.6) is 5.75 Å². The van der Waals surface area contributed by atoms with Crippen LogP contribution in [0.15, 0.2) is 89.8 Å². The molecule has 0 aromatic heterocycles. The first-order valence-electron chi connectivity index (χ1n) is 11.3. The lowest BCUT2D eigenvalue weighted by Crippen LogP contribution is -2.40. The monoisotopic (exact) mass is 557 g/mol. The van der Waals surface area contributed by atoms with E-state index in [4.69, 9.17) is 34.8 Å². The van der Waals surface area contributed by atoms with E-state index in [0.717, 1.165) is 27.8 Å². The standard InChI is InChI=1S/C28H22Cl3NO3S/c29-23-10-8-19(9-11-23)20-7-3-4-18(12-20)17-32(25-13-21-5-1-2-6-22(21)14-25)36(34,35)27-16-24(30)15-26(31)28(27)33/h1-12,15-16,25,33H,13-14,17H2. The zero-order chi connectivity index (χ0) is 25.4. The Morgan fingerprint density at radius 2 is 1.44 bits per heavy atom. The third kappa shape index (κ3) is 4.99. The molecular weight excluding hydrogens is 537 g/mol. The van der Waals surface area contributed by atoms with Gasteiger partial charge in [-0.25, -0.2) is 8.42 Å². The molecule has 1 aliphatic rings. The van der Waals surface area contributed by atoms with Crippen LogP contribution in [0.4, 0.5) is 0 Å². The smallest absolute Gasteiger partial charge is 0.247 e. The molecule has 0 unspecified atom stereocenters. The third-order valence-electron chi connectivity index (χ3n) is 6.46. The molecule has 0 bridgehead atoms. The number of fused-ring (bicyclic) bond motifs is 1. The lowest BCUT2D eigenvalue weighted by atomic mass is 10.0. The molecule has 0 fully saturated rings. The maximum atomic E-state index is 14.0. The van der Waals surface area contributed by atoms with Crippen molar-refractivity contribution in [2.24, 2.45) is 0 Å². The van der Waals surface area contributed by atoms with Gasteiger partial charge in [-0.15, -0.1) is 0 Å². The predicted molar refractivity (Wildman–Crippen MR) is 145 cm³/mol. The molecule has 0 heterocycles. The first-order chi connectivity index (χ1) is 17.2. The van der Waals surface area contributed by atoms with Gasteiger partial charge in [0.2, 0.25) is 10.0 Å². The number of halogens is 3. The minimum atomic E-state index is -4.16. The maximum Gasteiger partial charge on any atom is 0.247 e. The minimum absolute atomic E-state index is 0.111. The van der Waals surface area contributed by atoms with Crippen LogP contribution >= 0.6 is 34.8 Å². The Bertz CT molecular complexity index is 1510. The summed E-state index contributed by atoms with van der Waals surface area (Å²) in [6, 6.07) is 25.4. The summed E-state index contributed by atoms with van der Waals surface area (Å²) in [6.45, 7) is 0.117. The van der Waals surface area contributed by atoms with E-state index in [-0.39, 0.29) is 27.5 Å². The molecule has 0 radical (unpaired) electrons. The summed E-state index contributed by atoms with van der Waals surface area (Å²) in [5, 5.41) is 11.3. The van der Waals surface area contributed by atoms with Gasteiger partial charge in [0.15, 0.2) is 5.75 Å². The van der Waals surface area contributed by atoms with Gasteiger partial charge in [0.05, 0.1) is 5.02 Å². The van der Waals surface area contributed by atoms with Crippen LogP contribution < -0.4 is 0 Å². The highest BCUT2D eigenvalue weighted by atomic mass is 35.5. The first-order valence-corrected chi connectivity index (χ1v) is 13.9. The van der Waals surface area contributed by atoms with E-state index in [1.165, 1.54) is 16.4 Å². The number of nitrogens with zero attached hydrogens (tertiary/aromatic N) is 1. The van der Waals surface area contributed by atoms with Crippen LogP contribution in [0.25, 0.3) is 11.1 Å². The summed E-state index contributed by atoms with van der Waals surface area (Å²) in [5.41, 5.74) is 4.97. The fourth-order valence-electron chi connectivity index (χ4n) is 4.69. The molecule has 184 valence electrons. The molecule has 1 N–H and O–H groups in total. The molecule has 4 aromatic carbocycles. The highest BCUT2D eigenvalue weighted by Crippen LogP contribution is 2.38. The van der Waals surface area contributed by atoms with Crippen molar-refractivity contribution in [2.45, 2.75) is 30.3 Å². The number of sulfonamides is 1. The number of phenolic OH excluding ortho intramolecular Hbond substituents is 1. The van der Waals surface area contributed by atoms with Crippen molar-refractivity contribution in [2.75, 3.05) is 0 Å². The van der Waals surface area contributed by atoms with E-state index < -0.39 is 15.8 Å². The normalized spacial score (nSPS) is 13.8. The van der Waals surface area contributed by atoms with Crippen molar-refractivity contribution < 1.29 is 13.5 Å². The second kappa shape index (κ2) is 10.1. The molecule has 1 aliphatic carbocycles. The quantitative estimate of drug-likeness (QED) is 0.269. The third-order valence-corrected chi connectivity index (χ3v) is 9.13. The number of aromatic hydroxyl groups is 1. The lowest BCUT2D eigenvalue weighted by Gasteiger charge is -2.29. The summed E-state index contributed by atoms with van der Waals surface area (Å²) in [5.74, 6) is -0.503. The Hall–Kier alpha value is -2.54. The van der Waals surface area contributed by atoms with Crippen LogP contribution in [0.2, 0.25) is 15.1 Å². The molecular formula is C28H22Cl3NO3S. The van der Waals surface area contributed by atoms with E-state index in [1.807, 2.05) is 72.8 Å². The van der Waals surface area contributed by atoms with Crippen LogP contribution in [-0.4, -0.2) is 23.9 Å². The SMILES string of the molecule is O=S(=O)(c1cc(Cl)cc(Cl)c1O)N(Cc1cccc(-c2ccc(Cl)cc2)c1)C1Cc2ccccc2C1. The molecule has 0 atom stereocenters. The van der Waals surface area contributed by atoms with Gasteiger partial charge in [0, 0.05) is 22.6 Å². The van der Waals surface area contributed by atoms with E-state index >= 15 is 0 Å². The van der Waals surface area contributed by atoms with Crippen molar-refractivity contribution in [3.63, 3.8) is 0 Å². The van der Waals surface area contributed by atoms with Gasteiger partial charge in [-0.3, -0.25) is 0 Å². The largest absolute Gasteiger partial charge is 0.505 e. The fraction of sp³-hybridized carbons (Fsp3) is 0.143. The molecule has 0 aliphatic heterocycles. The number of rotatable bonds is 6. The molecule has 0 amide bonds. The van der Waals surface area contributed by atoms with Crippen molar-refractivity contribution in [1.29, 1.82) is 0 Å². The van der Waals surface area contributed by atoms with Gasteiger partial charge in [0.25, 0.3) is 0 Å². The van der Waals surface area contributed by atoms with Gasteiger partial charge in [-0.2, -0.15) is 4.31 Å². The second-order valence-electron chi connectivity index (χ2n) is 8.82. The van der Waals surface area contributed by atoms with Crippen LogP contribution in [0.3, 0.4) is 0 Å². The first kappa shape index (κ1) is 25.1. The summed E-state index contributed by atoms with van der Waals surface area (Å²) < 4.78 is 29.5. The van der Waals surface area contributed by atoms with Gasteiger partial charge < -0.3 is 5.11 Å². The van der Waals surface area contributed by atoms with Crippen molar-refractivity contribution in [1.82, 2.24) is 4.31 Å². The van der Waals surface area contributed by atoms with Crippen LogP contribution in [0, 0.1) is 0 Å². The maximum absolute atomic E-state index is 14.0. The Balaban J connectivity index is 1.56. The van der Waals surface area contributed by atoms with Crippen LogP contribution in [0.1, 0.15) is 16.7 Å². The molecule has 4 nitrogen and oxygen atoms in total. The molecule has 8 heteroatoms. The van der Waals surface area contributed by atoms with Gasteiger partial charge >= 0.3 is 0 Å². The number of phenols is 1. The predicted octanol–water partition coefficient (Wildman–Crippen LogP) is 7.38. The van der Waals surface area contributed by atoms with Gasteiger partial charge in [-0.05, 0) is 71.0 Å². The highest BCUT2D eigenvalue weighted by Gasteiger charge is 2.37. The molecule has 36 heavy (non-hydrogen) atoms. The summed E-state index contributed by atoms with van der Waals surface area (Å²) in [4.78, 5) is -0.301. The average Bonchev–Trinajstić information content (AvgIpc) is 3.29. The Labute approximate surface area is 225 Å². The van der Waals surface area contributed by atoms with Gasteiger partial charge in [0.1, 0.15) is 4.90 Å². The van der Waals surface area contributed by atoms with E-state index in [1.54, 1.807) is 0 Å². The Morgan fingerprint density at radius 1 is 0.778 bits per heavy atom. The second-order valence-corrected chi connectivity index (χ2v) is 12.0. The Kier molecular flexibility index (Phi) is 7.03. The van der Waals surface area contributed by atoms with Crippen molar-refractivity contribution in [3.8, 4) is 16.9 Å². The average molecular weight is 559 g/mol. The molecule has 0 spiro atoms.